The number of rotatable bonds is 8. The Hall–Kier alpha value is -4.04. The van der Waals surface area contributed by atoms with Gasteiger partial charge < -0.3 is 24.6 Å². The van der Waals surface area contributed by atoms with E-state index in [1.54, 1.807) is 0 Å². The van der Waals surface area contributed by atoms with Crippen molar-refractivity contribution in [2.45, 2.75) is 52.0 Å². The van der Waals surface area contributed by atoms with Crippen LogP contribution < -0.4 is 19.5 Å². The molecule has 0 saturated carbocycles. The van der Waals surface area contributed by atoms with Crippen LogP contribution in [0.4, 0.5) is 5.69 Å². The first-order valence-corrected chi connectivity index (χ1v) is 14.4. The number of carboxylic acid groups (broad SMARTS) is 1. The second-order valence-corrected chi connectivity index (χ2v) is 11.1. The molecule has 0 radical (unpaired) electrons. The van der Waals surface area contributed by atoms with E-state index in [1.165, 1.54) is 0 Å². The van der Waals surface area contributed by atoms with E-state index in [9.17, 15) is 14.7 Å². The number of amides is 1. The average molecular weight is 557 g/mol. The van der Waals surface area contributed by atoms with Crippen LogP contribution >= 0.6 is 0 Å². The number of hydrogen-bond donors (Lipinski definition) is 2. The van der Waals surface area contributed by atoms with Crippen molar-refractivity contribution in [1.82, 2.24) is 4.90 Å². The van der Waals surface area contributed by atoms with E-state index in [0.29, 0.717) is 24.7 Å². The lowest BCUT2D eigenvalue weighted by molar-refractivity contribution is -0.143. The zero-order valence-corrected chi connectivity index (χ0v) is 23.7. The maximum atomic E-state index is 13.7. The number of aryl methyl sites for hydroxylation is 3. The Morgan fingerprint density at radius 2 is 1.71 bits per heavy atom. The summed E-state index contributed by atoms with van der Waals surface area (Å²) >= 11 is 0. The number of para-hydroxylation sites is 1. The lowest BCUT2D eigenvalue weighted by atomic mass is 9.81. The highest BCUT2D eigenvalue weighted by atomic mass is 16.7. The molecule has 3 aromatic rings. The molecule has 1 saturated heterocycles. The quantitative estimate of drug-likeness (QED) is 0.391. The Morgan fingerprint density at radius 1 is 0.976 bits per heavy atom. The SMILES string of the molecule is CCc1cccc(CC)c1NC(=O)CN1C[C@H](c2cc3c(cc2C)OCO3)[C@@H](C(=O)O)[C@@H]1c1ccc2c(c1)CCO2. The summed E-state index contributed by atoms with van der Waals surface area (Å²) < 4.78 is 16.9. The topological polar surface area (TPSA) is 97.3 Å². The molecule has 3 atom stereocenters. The number of fused-ring (bicyclic) bond motifs is 2. The predicted octanol–water partition coefficient (Wildman–Crippen LogP) is 5.26. The molecule has 3 aliphatic rings. The van der Waals surface area contributed by atoms with Crippen LogP contribution in [0.1, 0.15) is 59.2 Å². The van der Waals surface area contributed by atoms with Crippen molar-refractivity contribution in [3.8, 4) is 17.2 Å². The van der Waals surface area contributed by atoms with E-state index in [-0.39, 0.29) is 25.2 Å². The van der Waals surface area contributed by atoms with Gasteiger partial charge in [0.25, 0.3) is 0 Å². The van der Waals surface area contributed by atoms with Gasteiger partial charge in [-0.2, -0.15) is 0 Å². The van der Waals surface area contributed by atoms with Gasteiger partial charge in [0.15, 0.2) is 11.5 Å². The summed E-state index contributed by atoms with van der Waals surface area (Å²) in [6.07, 6.45) is 2.39. The molecule has 214 valence electrons. The van der Waals surface area contributed by atoms with Crippen LogP contribution in [0.5, 0.6) is 17.2 Å². The molecule has 1 amide bonds. The van der Waals surface area contributed by atoms with E-state index < -0.39 is 17.9 Å². The summed E-state index contributed by atoms with van der Waals surface area (Å²) in [6, 6.07) is 15.4. The highest BCUT2D eigenvalue weighted by Gasteiger charge is 2.48. The van der Waals surface area contributed by atoms with Crippen molar-refractivity contribution in [3.63, 3.8) is 0 Å². The fourth-order valence-electron chi connectivity index (χ4n) is 6.72. The van der Waals surface area contributed by atoms with Crippen LogP contribution in [-0.2, 0) is 28.9 Å². The van der Waals surface area contributed by atoms with Gasteiger partial charge >= 0.3 is 5.97 Å². The lowest BCUT2D eigenvalue weighted by Gasteiger charge is -2.27. The molecule has 3 heterocycles. The number of aliphatic carboxylic acids is 1. The van der Waals surface area contributed by atoms with Gasteiger partial charge in [-0.1, -0.05) is 44.2 Å². The third kappa shape index (κ3) is 5.01. The maximum Gasteiger partial charge on any atom is 0.309 e. The van der Waals surface area contributed by atoms with Crippen molar-refractivity contribution < 1.29 is 28.9 Å². The number of likely N-dealkylation sites (tertiary alicyclic amines) is 1. The second kappa shape index (κ2) is 11.1. The largest absolute Gasteiger partial charge is 0.493 e. The Morgan fingerprint density at radius 3 is 2.41 bits per heavy atom. The van der Waals surface area contributed by atoms with Crippen molar-refractivity contribution in [3.05, 3.63) is 81.9 Å². The molecular weight excluding hydrogens is 520 g/mol. The third-order valence-electron chi connectivity index (χ3n) is 8.71. The number of carboxylic acids is 1. The fourth-order valence-corrected chi connectivity index (χ4v) is 6.72. The molecule has 6 rings (SSSR count). The van der Waals surface area contributed by atoms with Crippen LogP contribution in [0.3, 0.4) is 0 Å². The minimum Gasteiger partial charge on any atom is -0.493 e. The van der Waals surface area contributed by atoms with Crippen LogP contribution in [0.25, 0.3) is 0 Å². The van der Waals surface area contributed by atoms with Gasteiger partial charge in [0, 0.05) is 30.6 Å². The lowest BCUT2D eigenvalue weighted by Crippen LogP contribution is -2.35. The van der Waals surface area contributed by atoms with E-state index in [1.807, 2.05) is 54.3 Å². The van der Waals surface area contributed by atoms with E-state index in [0.717, 1.165) is 64.1 Å². The van der Waals surface area contributed by atoms with Gasteiger partial charge in [-0.05, 0) is 71.3 Å². The number of hydrogen-bond acceptors (Lipinski definition) is 6. The van der Waals surface area contributed by atoms with Crippen molar-refractivity contribution >= 4 is 17.6 Å². The second-order valence-electron chi connectivity index (χ2n) is 11.1. The van der Waals surface area contributed by atoms with E-state index >= 15 is 0 Å². The van der Waals surface area contributed by atoms with Gasteiger partial charge in [0.1, 0.15) is 5.75 Å². The van der Waals surface area contributed by atoms with Gasteiger partial charge in [-0.3, -0.25) is 14.5 Å². The minimum absolute atomic E-state index is 0.0728. The Labute approximate surface area is 240 Å². The molecule has 3 aliphatic heterocycles. The van der Waals surface area contributed by atoms with Crippen LogP contribution in [-0.4, -0.2) is 48.4 Å². The minimum atomic E-state index is -0.888. The monoisotopic (exact) mass is 556 g/mol. The molecule has 0 aromatic heterocycles. The summed E-state index contributed by atoms with van der Waals surface area (Å²) in [6.45, 7) is 7.39. The zero-order valence-electron chi connectivity index (χ0n) is 23.7. The number of carbonyl (C=O) groups excluding carboxylic acids is 1. The van der Waals surface area contributed by atoms with Gasteiger partial charge in [0.2, 0.25) is 12.7 Å². The summed E-state index contributed by atoms with van der Waals surface area (Å²) in [7, 11) is 0. The van der Waals surface area contributed by atoms with Crippen LogP contribution in [0.2, 0.25) is 0 Å². The zero-order chi connectivity index (χ0) is 28.7. The highest BCUT2D eigenvalue weighted by Crippen LogP contribution is 2.49. The van der Waals surface area contributed by atoms with Crippen molar-refractivity contribution in [1.29, 1.82) is 0 Å². The normalized spacial score (nSPS) is 21.0. The smallest absolute Gasteiger partial charge is 0.309 e. The fraction of sp³-hybridized carbons (Fsp3) is 0.394. The Balaban J connectivity index is 1.37. The first-order chi connectivity index (χ1) is 19.9. The van der Waals surface area contributed by atoms with Crippen molar-refractivity contribution in [2.24, 2.45) is 5.92 Å². The van der Waals surface area contributed by atoms with Crippen molar-refractivity contribution in [2.75, 3.05) is 31.8 Å². The van der Waals surface area contributed by atoms with Crippen LogP contribution in [0, 0.1) is 12.8 Å². The van der Waals surface area contributed by atoms with Gasteiger partial charge in [0.05, 0.1) is 19.1 Å². The molecule has 0 unspecified atom stereocenters. The number of benzene rings is 3. The first-order valence-electron chi connectivity index (χ1n) is 14.4. The summed E-state index contributed by atoms with van der Waals surface area (Å²) in [5, 5.41) is 13.9. The average Bonchev–Trinajstić information content (AvgIpc) is 3.70. The molecule has 0 aliphatic carbocycles. The predicted molar refractivity (Wildman–Crippen MR) is 155 cm³/mol. The number of anilines is 1. The maximum absolute atomic E-state index is 13.7. The number of nitrogens with zero attached hydrogens (tertiary/aromatic N) is 1. The van der Waals surface area contributed by atoms with Gasteiger partial charge in [-0.15, -0.1) is 0 Å². The van der Waals surface area contributed by atoms with E-state index in [4.69, 9.17) is 14.2 Å². The third-order valence-corrected chi connectivity index (χ3v) is 8.71. The molecule has 0 bridgehead atoms. The summed E-state index contributed by atoms with van der Waals surface area (Å²) in [5.74, 6) is -0.0166. The Bertz CT molecular complexity index is 1480. The first kappa shape index (κ1) is 27.1. The molecule has 2 N–H and O–H groups in total. The molecular formula is C33H36N2O6. The Kier molecular flexibility index (Phi) is 7.34. The molecule has 3 aromatic carbocycles. The highest BCUT2D eigenvalue weighted by molar-refractivity contribution is 5.94. The summed E-state index contributed by atoms with van der Waals surface area (Å²) in [4.78, 5) is 28.7. The number of ether oxygens (including phenoxy) is 3. The number of nitrogens with one attached hydrogen (secondary N) is 1. The summed E-state index contributed by atoms with van der Waals surface area (Å²) in [5.41, 5.74) is 6.86. The standard InChI is InChI=1S/C33H36N2O6/c1-4-20-7-6-8-21(5-2)31(20)34-29(36)17-35-16-25(24-15-28-27(13-19(24)3)40-18-41-28)30(33(37)38)32(35)23-9-10-26-22(14-23)11-12-39-26/h6-10,13-15,25,30,32H,4-5,11-12,16-18H2,1-3H3,(H,34,36)(H,37,38)/t25-,30-,32+/m1/s1. The molecule has 0 spiro atoms. The number of carbonyl (C=O) groups is 2. The van der Waals surface area contributed by atoms with E-state index in [2.05, 4.69) is 25.2 Å². The van der Waals surface area contributed by atoms with Crippen LogP contribution in [0.15, 0.2) is 48.5 Å². The van der Waals surface area contributed by atoms with Gasteiger partial charge in [-0.25, -0.2) is 0 Å². The molecule has 8 heteroatoms. The molecule has 1 fully saturated rings. The molecule has 41 heavy (non-hydrogen) atoms. The molecule has 8 nitrogen and oxygen atoms in total.